The lowest BCUT2D eigenvalue weighted by Gasteiger charge is -2.18. The van der Waals surface area contributed by atoms with Crippen LogP contribution in [-0.4, -0.2) is 34.7 Å². The highest BCUT2D eigenvalue weighted by atomic mass is 16.5. The van der Waals surface area contributed by atoms with Gasteiger partial charge >= 0.3 is 17.9 Å². The van der Waals surface area contributed by atoms with Crippen LogP contribution in [0.25, 0.3) is 0 Å². The minimum Gasteiger partial charge on any atom is -0.478 e. The molecular weight excluding hydrogens is 264 g/mol. The predicted octanol–water partition coefficient (Wildman–Crippen LogP) is 1.78. The Hall–Kier alpha value is -2.37. The predicted molar refractivity (Wildman–Crippen MR) is 72.0 cm³/mol. The van der Waals surface area contributed by atoms with Gasteiger partial charge in [-0.25, -0.2) is 14.4 Å². The molecule has 0 aliphatic carbocycles. The maximum absolute atomic E-state index is 11.6. The average molecular weight is 282 g/mol. The second kappa shape index (κ2) is 7.93. The van der Waals surface area contributed by atoms with Gasteiger partial charge in [0.1, 0.15) is 0 Å². The third-order valence-electron chi connectivity index (χ3n) is 2.62. The van der Waals surface area contributed by atoms with Crippen LogP contribution in [0.15, 0.2) is 36.5 Å². The third-order valence-corrected chi connectivity index (χ3v) is 2.62. The molecule has 0 aromatic heterocycles. The molecule has 0 heterocycles. The Kier molecular flexibility index (Phi) is 6.99. The Labute approximate surface area is 117 Å². The summed E-state index contributed by atoms with van der Waals surface area (Å²) in [6.45, 7) is 12.0. The van der Waals surface area contributed by atoms with Gasteiger partial charge in [0.05, 0.1) is 6.61 Å². The van der Waals surface area contributed by atoms with Crippen LogP contribution in [0.2, 0.25) is 0 Å². The van der Waals surface area contributed by atoms with E-state index in [0.717, 1.165) is 0 Å². The summed E-state index contributed by atoms with van der Waals surface area (Å²) in [6.07, 6.45) is -0.196. The summed E-state index contributed by atoms with van der Waals surface area (Å²) < 4.78 is 4.78. The lowest BCUT2D eigenvalue weighted by Crippen LogP contribution is -2.19. The van der Waals surface area contributed by atoms with Crippen molar-refractivity contribution in [2.24, 2.45) is 5.92 Å². The van der Waals surface area contributed by atoms with Crippen LogP contribution < -0.4 is 0 Å². The van der Waals surface area contributed by atoms with Crippen LogP contribution in [-0.2, 0) is 19.1 Å². The Morgan fingerprint density at radius 2 is 1.40 bits per heavy atom. The highest BCUT2D eigenvalue weighted by Crippen LogP contribution is 2.26. The summed E-state index contributed by atoms with van der Waals surface area (Å²) in [5.74, 6) is -3.84. The summed E-state index contributed by atoms with van der Waals surface area (Å²) in [5, 5.41) is 17.6. The molecule has 20 heavy (non-hydrogen) atoms. The van der Waals surface area contributed by atoms with E-state index < -0.39 is 23.8 Å². The van der Waals surface area contributed by atoms with Gasteiger partial charge in [-0.05, 0) is 25.7 Å². The molecule has 0 spiro atoms. The molecule has 110 valence electrons. The largest absolute Gasteiger partial charge is 0.478 e. The van der Waals surface area contributed by atoms with Gasteiger partial charge in [0, 0.05) is 16.7 Å². The maximum atomic E-state index is 11.6. The van der Waals surface area contributed by atoms with E-state index in [2.05, 4.69) is 19.7 Å². The molecule has 0 unspecified atom stereocenters. The van der Waals surface area contributed by atoms with E-state index in [1.807, 2.05) is 0 Å². The smallest absolute Gasteiger partial charge is 0.333 e. The third kappa shape index (κ3) is 5.51. The fourth-order valence-corrected chi connectivity index (χ4v) is 1.48. The molecule has 0 aliphatic rings. The van der Waals surface area contributed by atoms with Crippen LogP contribution in [0.5, 0.6) is 0 Å². The first-order chi connectivity index (χ1) is 9.20. The van der Waals surface area contributed by atoms with Gasteiger partial charge in [0.15, 0.2) is 0 Å². The second-order valence-electron chi connectivity index (χ2n) is 4.17. The number of carboxylic acid groups (broad SMARTS) is 2. The van der Waals surface area contributed by atoms with Crippen molar-refractivity contribution in [3.05, 3.63) is 36.5 Å². The van der Waals surface area contributed by atoms with Gasteiger partial charge in [-0.3, -0.25) is 0 Å². The van der Waals surface area contributed by atoms with Gasteiger partial charge < -0.3 is 14.9 Å². The minimum absolute atomic E-state index is 0.0108. The number of carboxylic acids is 2. The van der Waals surface area contributed by atoms with E-state index >= 15 is 0 Å². The monoisotopic (exact) mass is 282 g/mol. The van der Waals surface area contributed by atoms with Gasteiger partial charge in [0.25, 0.3) is 0 Å². The molecule has 2 N–H and O–H groups in total. The molecule has 0 aromatic rings. The van der Waals surface area contributed by atoms with E-state index in [1.54, 1.807) is 6.92 Å². The molecule has 0 radical (unpaired) electrons. The number of esters is 1. The Morgan fingerprint density at radius 1 is 1.00 bits per heavy atom. The van der Waals surface area contributed by atoms with E-state index in [4.69, 9.17) is 14.9 Å². The standard InChI is InChI=1S/C14H18O6/c1-5-20-14(19)10(4)11(6-8(2)12(15)16)7-9(3)13(17)18/h11H,2-7H2,1H3,(H,15,16)(H,17,18). The van der Waals surface area contributed by atoms with Crippen molar-refractivity contribution < 1.29 is 29.3 Å². The molecule has 0 bridgehead atoms. The lowest BCUT2D eigenvalue weighted by atomic mass is 9.87. The summed E-state index contributed by atoms with van der Waals surface area (Å²) >= 11 is 0. The Bertz CT molecular complexity index is 432. The van der Waals surface area contributed by atoms with E-state index in [1.165, 1.54) is 0 Å². The number of rotatable bonds is 9. The zero-order valence-corrected chi connectivity index (χ0v) is 11.3. The first kappa shape index (κ1) is 17.6. The van der Waals surface area contributed by atoms with Crippen molar-refractivity contribution in [1.82, 2.24) is 0 Å². The first-order valence-electron chi connectivity index (χ1n) is 5.88. The zero-order chi connectivity index (χ0) is 15.9. The highest BCUT2D eigenvalue weighted by Gasteiger charge is 2.25. The van der Waals surface area contributed by atoms with Gasteiger partial charge in [-0.1, -0.05) is 19.7 Å². The molecule has 0 amide bonds. The van der Waals surface area contributed by atoms with Crippen molar-refractivity contribution in [2.75, 3.05) is 6.61 Å². The molecule has 0 atom stereocenters. The summed E-state index contributed by atoms with van der Waals surface area (Å²) in [7, 11) is 0. The highest BCUT2D eigenvalue weighted by molar-refractivity contribution is 5.91. The van der Waals surface area contributed by atoms with Crippen molar-refractivity contribution in [2.45, 2.75) is 19.8 Å². The van der Waals surface area contributed by atoms with E-state index in [0.29, 0.717) is 0 Å². The zero-order valence-electron chi connectivity index (χ0n) is 11.3. The van der Waals surface area contributed by atoms with Crippen LogP contribution in [0.3, 0.4) is 0 Å². The molecular formula is C14H18O6. The number of carbonyl (C=O) groups excluding carboxylic acids is 1. The van der Waals surface area contributed by atoms with Crippen LogP contribution in [0.4, 0.5) is 0 Å². The van der Waals surface area contributed by atoms with Crippen LogP contribution in [0, 0.1) is 5.92 Å². The molecule has 0 saturated carbocycles. The number of aliphatic carboxylic acids is 2. The van der Waals surface area contributed by atoms with Crippen molar-refractivity contribution >= 4 is 17.9 Å². The summed E-state index contributed by atoms with van der Waals surface area (Å²) in [5.41, 5.74) is -0.270. The second-order valence-corrected chi connectivity index (χ2v) is 4.17. The molecule has 6 nitrogen and oxygen atoms in total. The van der Waals surface area contributed by atoms with Crippen LogP contribution in [0.1, 0.15) is 19.8 Å². The number of hydrogen-bond donors (Lipinski definition) is 2. The molecule has 0 saturated heterocycles. The lowest BCUT2D eigenvalue weighted by molar-refractivity contribution is -0.139. The summed E-state index contributed by atoms with van der Waals surface area (Å²) in [4.78, 5) is 33.2. The molecule has 0 fully saturated rings. The number of hydrogen-bond acceptors (Lipinski definition) is 4. The van der Waals surface area contributed by atoms with Gasteiger partial charge in [-0.2, -0.15) is 0 Å². The number of carbonyl (C=O) groups is 3. The molecule has 0 rings (SSSR count). The fraction of sp³-hybridized carbons (Fsp3) is 0.357. The van der Waals surface area contributed by atoms with Gasteiger partial charge in [-0.15, -0.1) is 0 Å². The normalized spacial score (nSPS) is 9.90. The molecule has 6 heteroatoms. The van der Waals surface area contributed by atoms with Gasteiger partial charge in [0.2, 0.25) is 0 Å². The Balaban J connectivity index is 5.05. The fourth-order valence-electron chi connectivity index (χ4n) is 1.48. The quantitative estimate of drug-likeness (QED) is 0.494. The van der Waals surface area contributed by atoms with E-state index in [-0.39, 0.29) is 36.2 Å². The molecule has 0 aliphatic heterocycles. The van der Waals surface area contributed by atoms with Crippen molar-refractivity contribution in [3.8, 4) is 0 Å². The van der Waals surface area contributed by atoms with Crippen LogP contribution >= 0.6 is 0 Å². The van der Waals surface area contributed by atoms with E-state index in [9.17, 15) is 14.4 Å². The topological polar surface area (TPSA) is 101 Å². The molecule has 0 aromatic carbocycles. The van der Waals surface area contributed by atoms with Crippen molar-refractivity contribution in [1.29, 1.82) is 0 Å². The minimum atomic E-state index is -1.22. The number of ether oxygens (including phenoxy) is 1. The average Bonchev–Trinajstić information content (AvgIpc) is 2.36. The SMILES string of the molecule is C=C(CC(CC(=C)C(=O)O)C(=C)C(=O)OCC)C(=O)O. The first-order valence-corrected chi connectivity index (χ1v) is 5.88. The maximum Gasteiger partial charge on any atom is 0.333 e. The Morgan fingerprint density at radius 3 is 1.70 bits per heavy atom. The van der Waals surface area contributed by atoms with Crippen molar-refractivity contribution in [3.63, 3.8) is 0 Å². The summed E-state index contributed by atoms with van der Waals surface area (Å²) in [6, 6.07) is 0.